The lowest BCUT2D eigenvalue weighted by Gasteiger charge is -2.24. The highest BCUT2D eigenvalue weighted by Crippen LogP contribution is 2.31. The average Bonchev–Trinajstić information content (AvgIpc) is 3.15. The topological polar surface area (TPSA) is 52.7 Å². The predicted octanol–water partition coefficient (Wildman–Crippen LogP) is 2.20. The molecule has 0 bridgehead atoms. The normalized spacial score (nSPS) is 27.9. The maximum atomic E-state index is 13.5. The lowest BCUT2D eigenvalue weighted by Crippen LogP contribution is -2.38. The summed E-state index contributed by atoms with van der Waals surface area (Å²) in [7, 11) is 0. The molecule has 0 aliphatic carbocycles. The number of nitrogens with one attached hydrogen (secondary N) is 1. The first-order valence-corrected chi connectivity index (χ1v) is 9.27. The van der Waals surface area contributed by atoms with Gasteiger partial charge in [-0.15, -0.1) is 12.4 Å². The van der Waals surface area contributed by atoms with Crippen LogP contribution in [-0.2, 0) is 9.59 Å². The molecule has 3 aliphatic heterocycles. The number of likely N-dealkylation sites (tertiary alicyclic amines) is 1. The number of benzene rings is 1. The Morgan fingerprint density at radius 1 is 1.04 bits per heavy atom. The fraction of sp³-hybridized carbons (Fsp3) is 0.579. The standard InChI is InChI=1S/C19H23F2N3O2.ClH/c20-15-6-16(21)8-17(7-15)24-11-14(5-18(24)25)19(26)23-3-1-12-9-22-10-13(12)2-4-23;/h6-8,12-14,22H,1-5,9-11H2;1H/t12-,13+,14?;. The van der Waals surface area contributed by atoms with E-state index in [0.717, 1.165) is 57.2 Å². The number of hydrogen-bond acceptors (Lipinski definition) is 3. The summed E-state index contributed by atoms with van der Waals surface area (Å²) in [5.41, 5.74) is 0.180. The highest BCUT2D eigenvalue weighted by Gasteiger charge is 2.39. The first-order valence-electron chi connectivity index (χ1n) is 9.27. The van der Waals surface area contributed by atoms with Gasteiger partial charge in [0, 0.05) is 37.8 Å². The molecule has 5 nitrogen and oxygen atoms in total. The number of anilines is 1. The Kier molecular flexibility index (Phi) is 6.01. The molecule has 3 fully saturated rings. The summed E-state index contributed by atoms with van der Waals surface area (Å²) in [6, 6.07) is 3.04. The van der Waals surface area contributed by atoms with Gasteiger partial charge in [-0.25, -0.2) is 8.78 Å². The van der Waals surface area contributed by atoms with Gasteiger partial charge in [0.05, 0.1) is 5.92 Å². The van der Waals surface area contributed by atoms with E-state index in [1.54, 1.807) is 0 Å². The Balaban J connectivity index is 0.00000210. The Morgan fingerprint density at radius 2 is 1.63 bits per heavy atom. The Hall–Kier alpha value is -1.73. The van der Waals surface area contributed by atoms with Crippen LogP contribution in [0.4, 0.5) is 14.5 Å². The molecule has 4 rings (SSSR count). The second-order valence-corrected chi connectivity index (χ2v) is 7.61. The van der Waals surface area contributed by atoms with E-state index in [9.17, 15) is 18.4 Å². The average molecular weight is 400 g/mol. The maximum Gasteiger partial charge on any atom is 0.228 e. The molecule has 1 aromatic rings. The van der Waals surface area contributed by atoms with Crippen molar-refractivity contribution in [2.24, 2.45) is 17.8 Å². The van der Waals surface area contributed by atoms with Crippen LogP contribution < -0.4 is 10.2 Å². The van der Waals surface area contributed by atoms with Gasteiger partial charge in [-0.1, -0.05) is 0 Å². The minimum Gasteiger partial charge on any atom is -0.342 e. The lowest BCUT2D eigenvalue weighted by atomic mass is 9.92. The maximum absolute atomic E-state index is 13.5. The summed E-state index contributed by atoms with van der Waals surface area (Å²) in [5, 5.41) is 3.41. The molecule has 2 amide bonds. The van der Waals surface area contributed by atoms with Crippen LogP contribution in [0.1, 0.15) is 19.3 Å². The molecule has 27 heavy (non-hydrogen) atoms. The summed E-state index contributed by atoms with van der Waals surface area (Å²) >= 11 is 0. The molecule has 0 radical (unpaired) electrons. The van der Waals surface area contributed by atoms with Crippen LogP contribution in [-0.4, -0.2) is 49.4 Å². The lowest BCUT2D eigenvalue weighted by molar-refractivity contribution is -0.135. The molecule has 0 saturated carbocycles. The zero-order chi connectivity index (χ0) is 18.3. The monoisotopic (exact) mass is 399 g/mol. The van der Waals surface area contributed by atoms with E-state index < -0.39 is 17.6 Å². The SMILES string of the molecule is Cl.O=C(C1CC(=O)N(c2cc(F)cc(F)c2)C1)N1CC[C@@H]2CNC[C@@H]2CC1. The molecule has 3 atom stereocenters. The van der Waals surface area contributed by atoms with Gasteiger partial charge in [0.15, 0.2) is 0 Å². The third-order valence-corrected chi connectivity index (χ3v) is 5.96. The summed E-state index contributed by atoms with van der Waals surface area (Å²) in [4.78, 5) is 28.4. The van der Waals surface area contributed by atoms with Crippen molar-refractivity contribution >= 4 is 29.9 Å². The zero-order valence-electron chi connectivity index (χ0n) is 15.0. The molecule has 8 heteroatoms. The third-order valence-electron chi connectivity index (χ3n) is 5.96. The molecule has 1 aromatic carbocycles. The molecule has 0 spiro atoms. The zero-order valence-corrected chi connectivity index (χ0v) is 15.8. The number of fused-ring (bicyclic) bond motifs is 1. The molecule has 148 valence electrons. The largest absolute Gasteiger partial charge is 0.342 e. The van der Waals surface area contributed by atoms with Crippen molar-refractivity contribution in [1.29, 1.82) is 0 Å². The molecule has 1 N–H and O–H groups in total. The van der Waals surface area contributed by atoms with Crippen LogP contribution >= 0.6 is 12.4 Å². The number of nitrogens with zero attached hydrogens (tertiary/aromatic N) is 2. The second-order valence-electron chi connectivity index (χ2n) is 7.61. The van der Waals surface area contributed by atoms with Crippen LogP contribution in [0.3, 0.4) is 0 Å². The highest BCUT2D eigenvalue weighted by molar-refractivity contribution is 6.00. The van der Waals surface area contributed by atoms with Crippen LogP contribution in [0.5, 0.6) is 0 Å². The fourth-order valence-corrected chi connectivity index (χ4v) is 4.51. The van der Waals surface area contributed by atoms with Crippen LogP contribution in [0.25, 0.3) is 0 Å². The predicted molar refractivity (Wildman–Crippen MR) is 99.7 cm³/mol. The van der Waals surface area contributed by atoms with Crippen molar-refractivity contribution in [2.45, 2.75) is 19.3 Å². The first-order chi connectivity index (χ1) is 12.5. The highest BCUT2D eigenvalue weighted by atomic mass is 35.5. The number of carbonyl (C=O) groups excluding carboxylic acids is 2. The smallest absolute Gasteiger partial charge is 0.228 e. The molecule has 3 aliphatic rings. The van der Waals surface area contributed by atoms with Gasteiger partial charge < -0.3 is 15.1 Å². The van der Waals surface area contributed by atoms with Gasteiger partial charge in [-0.05, 0) is 49.9 Å². The first kappa shape index (κ1) is 20.0. The van der Waals surface area contributed by atoms with Gasteiger partial charge >= 0.3 is 0 Å². The van der Waals surface area contributed by atoms with E-state index in [1.165, 1.54) is 4.90 Å². The van der Waals surface area contributed by atoms with Crippen LogP contribution in [0.15, 0.2) is 18.2 Å². The van der Waals surface area contributed by atoms with Gasteiger partial charge in [-0.3, -0.25) is 9.59 Å². The molecular weight excluding hydrogens is 376 g/mol. The van der Waals surface area contributed by atoms with Crippen LogP contribution in [0, 0.1) is 29.4 Å². The Morgan fingerprint density at radius 3 is 2.22 bits per heavy atom. The summed E-state index contributed by atoms with van der Waals surface area (Å²) in [6.45, 7) is 3.68. The van der Waals surface area contributed by atoms with Gasteiger partial charge in [0.25, 0.3) is 0 Å². The van der Waals surface area contributed by atoms with Gasteiger partial charge in [-0.2, -0.15) is 0 Å². The quantitative estimate of drug-likeness (QED) is 0.829. The van der Waals surface area contributed by atoms with Crippen molar-refractivity contribution in [3.63, 3.8) is 0 Å². The number of rotatable bonds is 2. The van der Waals surface area contributed by atoms with Crippen molar-refractivity contribution < 1.29 is 18.4 Å². The molecule has 0 aromatic heterocycles. The van der Waals surface area contributed by atoms with E-state index in [1.807, 2.05) is 4.90 Å². The fourth-order valence-electron chi connectivity index (χ4n) is 4.51. The number of hydrogen-bond donors (Lipinski definition) is 1. The second kappa shape index (κ2) is 8.10. The Labute approximate surface area is 163 Å². The van der Waals surface area contributed by atoms with Crippen LogP contribution in [0.2, 0.25) is 0 Å². The van der Waals surface area contributed by atoms with E-state index in [2.05, 4.69) is 5.32 Å². The van der Waals surface area contributed by atoms with E-state index in [-0.39, 0.29) is 42.9 Å². The number of carbonyl (C=O) groups is 2. The Bertz CT molecular complexity index is 699. The van der Waals surface area contributed by atoms with Crippen molar-refractivity contribution in [1.82, 2.24) is 10.2 Å². The van der Waals surface area contributed by atoms with Gasteiger partial charge in [0.1, 0.15) is 11.6 Å². The molecular formula is C19H24ClF2N3O2. The summed E-state index contributed by atoms with van der Waals surface area (Å²) in [6.07, 6.45) is 2.08. The minimum absolute atomic E-state index is 0. The minimum atomic E-state index is -0.727. The molecule has 3 heterocycles. The summed E-state index contributed by atoms with van der Waals surface area (Å²) in [5.74, 6) is -0.903. The summed E-state index contributed by atoms with van der Waals surface area (Å²) < 4.78 is 26.9. The van der Waals surface area contributed by atoms with Gasteiger partial charge in [0.2, 0.25) is 11.8 Å². The van der Waals surface area contributed by atoms with Crippen molar-refractivity contribution in [3.05, 3.63) is 29.8 Å². The van der Waals surface area contributed by atoms with E-state index in [0.29, 0.717) is 11.8 Å². The third kappa shape index (κ3) is 4.09. The number of amides is 2. The number of halogens is 3. The molecule has 3 saturated heterocycles. The molecule has 1 unspecified atom stereocenters. The van der Waals surface area contributed by atoms with Crippen molar-refractivity contribution in [3.8, 4) is 0 Å². The van der Waals surface area contributed by atoms with E-state index in [4.69, 9.17) is 0 Å². The van der Waals surface area contributed by atoms with Crippen molar-refractivity contribution in [2.75, 3.05) is 37.6 Å². The van der Waals surface area contributed by atoms with E-state index >= 15 is 0 Å².